The van der Waals surface area contributed by atoms with Gasteiger partial charge in [-0.1, -0.05) is 17.4 Å². The molecule has 0 unspecified atom stereocenters. The Labute approximate surface area is 150 Å². The van der Waals surface area contributed by atoms with Crippen molar-refractivity contribution in [1.29, 1.82) is 0 Å². The molecule has 3 aromatic rings. The summed E-state index contributed by atoms with van der Waals surface area (Å²) >= 11 is 1.41. The summed E-state index contributed by atoms with van der Waals surface area (Å²) in [6.07, 6.45) is 0. The molecule has 0 spiro atoms. The van der Waals surface area contributed by atoms with Gasteiger partial charge in [0.2, 0.25) is 0 Å². The molecule has 0 atom stereocenters. The first-order valence-electron chi connectivity index (χ1n) is 8.08. The lowest BCUT2D eigenvalue weighted by Gasteiger charge is -2.07. The highest BCUT2D eigenvalue weighted by molar-refractivity contribution is 7.22. The molecule has 0 aliphatic carbocycles. The molecule has 2 aromatic carbocycles. The summed E-state index contributed by atoms with van der Waals surface area (Å²) in [6.45, 7) is 6.50. The molecule has 0 aliphatic rings. The maximum atomic E-state index is 12.1. The van der Waals surface area contributed by atoms with E-state index in [1.807, 2.05) is 51.1 Å². The second kappa shape index (κ2) is 7.53. The van der Waals surface area contributed by atoms with E-state index in [1.165, 1.54) is 11.3 Å². The number of carbonyl (C=O) groups excluding carboxylic acids is 1. The first kappa shape index (κ1) is 17.2. The summed E-state index contributed by atoms with van der Waals surface area (Å²) in [5.74, 6) is 1.26. The number of hydrogen-bond acceptors (Lipinski definition) is 5. The zero-order valence-electron chi connectivity index (χ0n) is 14.5. The molecule has 130 valence electrons. The fourth-order valence-corrected chi connectivity index (χ4v) is 3.45. The number of aromatic nitrogens is 1. The summed E-state index contributed by atoms with van der Waals surface area (Å²) in [5, 5.41) is 3.34. The third kappa shape index (κ3) is 4.48. The molecule has 1 amide bonds. The second-order valence-electron chi connectivity index (χ2n) is 5.74. The average molecular weight is 356 g/mol. The fraction of sp³-hybridized carbons (Fsp3) is 0.263. The third-order valence-corrected chi connectivity index (χ3v) is 4.42. The van der Waals surface area contributed by atoms with Crippen molar-refractivity contribution in [2.45, 2.75) is 20.8 Å². The van der Waals surface area contributed by atoms with Crippen LogP contribution < -0.4 is 14.8 Å². The lowest BCUT2D eigenvalue weighted by molar-refractivity contribution is -0.118. The average Bonchev–Trinajstić information content (AvgIpc) is 2.94. The van der Waals surface area contributed by atoms with E-state index in [-0.39, 0.29) is 12.5 Å². The molecule has 3 rings (SSSR count). The van der Waals surface area contributed by atoms with Crippen molar-refractivity contribution in [2.24, 2.45) is 0 Å². The summed E-state index contributed by atoms with van der Waals surface area (Å²) in [4.78, 5) is 16.5. The number of nitrogens with zero attached hydrogens (tertiary/aromatic N) is 1. The highest BCUT2D eigenvalue weighted by Crippen LogP contribution is 2.29. The van der Waals surface area contributed by atoms with Crippen LogP contribution in [0.15, 0.2) is 36.4 Å². The number of thiazole rings is 1. The maximum Gasteiger partial charge on any atom is 0.264 e. The van der Waals surface area contributed by atoms with Gasteiger partial charge in [-0.3, -0.25) is 10.1 Å². The molecule has 0 bridgehead atoms. The largest absolute Gasteiger partial charge is 0.494 e. The highest BCUT2D eigenvalue weighted by atomic mass is 32.1. The van der Waals surface area contributed by atoms with Gasteiger partial charge >= 0.3 is 0 Å². The zero-order valence-corrected chi connectivity index (χ0v) is 15.3. The van der Waals surface area contributed by atoms with Crippen LogP contribution in [0.2, 0.25) is 0 Å². The first-order chi connectivity index (χ1) is 12.0. The Kier molecular flexibility index (Phi) is 5.19. The monoisotopic (exact) mass is 356 g/mol. The minimum atomic E-state index is -0.233. The third-order valence-electron chi connectivity index (χ3n) is 3.48. The van der Waals surface area contributed by atoms with Gasteiger partial charge in [-0.05, 0) is 62.2 Å². The maximum absolute atomic E-state index is 12.1. The van der Waals surface area contributed by atoms with Crippen LogP contribution in [0.3, 0.4) is 0 Å². The normalized spacial score (nSPS) is 10.7. The number of ether oxygens (including phenoxy) is 2. The molecule has 25 heavy (non-hydrogen) atoms. The lowest BCUT2D eigenvalue weighted by Crippen LogP contribution is -2.20. The van der Waals surface area contributed by atoms with Gasteiger partial charge in [0.05, 0.1) is 16.8 Å². The van der Waals surface area contributed by atoms with Gasteiger partial charge in [0.25, 0.3) is 5.91 Å². The van der Waals surface area contributed by atoms with Crippen LogP contribution in [0.1, 0.15) is 18.1 Å². The SMILES string of the molecule is CCOc1ccc2nc(NC(=O)COc3cc(C)cc(C)c3)sc2c1. The van der Waals surface area contributed by atoms with Crippen LogP contribution in [-0.2, 0) is 4.79 Å². The van der Waals surface area contributed by atoms with E-state index < -0.39 is 0 Å². The van der Waals surface area contributed by atoms with Crippen molar-refractivity contribution in [3.05, 3.63) is 47.5 Å². The van der Waals surface area contributed by atoms with Crippen LogP contribution >= 0.6 is 11.3 Å². The van der Waals surface area contributed by atoms with Gasteiger partial charge < -0.3 is 9.47 Å². The molecule has 1 aromatic heterocycles. The summed E-state index contributed by atoms with van der Waals surface area (Å²) in [7, 11) is 0. The van der Waals surface area contributed by atoms with Crippen molar-refractivity contribution in [3.8, 4) is 11.5 Å². The fourth-order valence-electron chi connectivity index (χ4n) is 2.54. The molecule has 0 fully saturated rings. The number of amides is 1. The molecule has 1 N–H and O–H groups in total. The van der Waals surface area contributed by atoms with Gasteiger partial charge in [-0.15, -0.1) is 0 Å². The first-order valence-corrected chi connectivity index (χ1v) is 8.89. The number of hydrogen-bond donors (Lipinski definition) is 1. The molecule has 5 nitrogen and oxygen atoms in total. The highest BCUT2D eigenvalue weighted by Gasteiger charge is 2.10. The summed E-state index contributed by atoms with van der Waals surface area (Å²) in [5.41, 5.74) is 3.04. The van der Waals surface area contributed by atoms with Crippen LogP contribution in [0.25, 0.3) is 10.2 Å². The number of benzene rings is 2. The van der Waals surface area contributed by atoms with Crippen LogP contribution in [0.4, 0.5) is 5.13 Å². The molecular weight excluding hydrogens is 336 g/mol. The Balaban J connectivity index is 1.63. The number of aryl methyl sites for hydroxylation is 2. The number of fused-ring (bicyclic) bond motifs is 1. The number of carbonyl (C=O) groups is 1. The van der Waals surface area contributed by atoms with Crippen LogP contribution in [0.5, 0.6) is 11.5 Å². The van der Waals surface area contributed by atoms with Crippen molar-refractivity contribution in [2.75, 3.05) is 18.5 Å². The van der Waals surface area contributed by atoms with Crippen molar-refractivity contribution in [3.63, 3.8) is 0 Å². The van der Waals surface area contributed by atoms with E-state index in [4.69, 9.17) is 9.47 Å². The molecular formula is C19H20N2O3S. The lowest BCUT2D eigenvalue weighted by atomic mass is 10.1. The molecule has 1 heterocycles. The van der Waals surface area contributed by atoms with Crippen molar-refractivity contribution in [1.82, 2.24) is 4.98 Å². The van der Waals surface area contributed by atoms with Gasteiger partial charge in [0.15, 0.2) is 11.7 Å². The Hall–Kier alpha value is -2.60. The Bertz CT molecular complexity index is 885. The Morgan fingerprint density at radius 3 is 2.56 bits per heavy atom. The predicted octanol–water partition coefficient (Wildman–Crippen LogP) is 4.33. The van der Waals surface area contributed by atoms with E-state index in [9.17, 15) is 4.79 Å². The van der Waals surface area contributed by atoms with Gasteiger partial charge in [0.1, 0.15) is 11.5 Å². The van der Waals surface area contributed by atoms with E-state index in [0.29, 0.717) is 17.5 Å². The predicted molar refractivity (Wildman–Crippen MR) is 101 cm³/mol. The number of anilines is 1. The van der Waals surface area contributed by atoms with Gasteiger partial charge in [-0.25, -0.2) is 4.98 Å². The Morgan fingerprint density at radius 1 is 1.08 bits per heavy atom. The van der Waals surface area contributed by atoms with Crippen molar-refractivity contribution >= 4 is 32.6 Å². The Morgan fingerprint density at radius 2 is 1.84 bits per heavy atom. The summed E-state index contributed by atoms with van der Waals surface area (Å²) in [6, 6.07) is 11.6. The summed E-state index contributed by atoms with van der Waals surface area (Å²) < 4.78 is 12.0. The van der Waals surface area contributed by atoms with E-state index >= 15 is 0 Å². The van der Waals surface area contributed by atoms with E-state index in [0.717, 1.165) is 27.1 Å². The smallest absolute Gasteiger partial charge is 0.264 e. The molecule has 0 aliphatic heterocycles. The van der Waals surface area contributed by atoms with Crippen LogP contribution in [-0.4, -0.2) is 24.1 Å². The van der Waals surface area contributed by atoms with Crippen LogP contribution in [0, 0.1) is 13.8 Å². The molecule has 0 saturated carbocycles. The minimum Gasteiger partial charge on any atom is -0.494 e. The second-order valence-corrected chi connectivity index (χ2v) is 6.77. The number of nitrogens with one attached hydrogen (secondary N) is 1. The molecule has 6 heteroatoms. The topological polar surface area (TPSA) is 60.5 Å². The zero-order chi connectivity index (χ0) is 17.8. The molecule has 0 radical (unpaired) electrons. The molecule has 0 saturated heterocycles. The van der Waals surface area contributed by atoms with Gasteiger partial charge in [0, 0.05) is 0 Å². The number of rotatable bonds is 6. The standard InChI is InChI=1S/C19H20N2O3S/c1-4-23-14-5-6-16-17(10-14)25-19(20-16)21-18(22)11-24-15-8-12(2)7-13(3)9-15/h5-10H,4,11H2,1-3H3,(H,20,21,22). The van der Waals surface area contributed by atoms with Crippen molar-refractivity contribution < 1.29 is 14.3 Å². The van der Waals surface area contributed by atoms with E-state index in [1.54, 1.807) is 0 Å². The van der Waals surface area contributed by atoms with E-state index in [2.05, 4.69) is 16.4 Å². The quantitative estimate of drug-likeness (QED) is 0.714. The van der Waals surface area contributed by atoms with Gasteiger partial charge in [-0.2, -0.15) is 0 Å². The minimum absolute atomic E-state index is 0.0526.